The van der Waals surface area contributed by atoms with Crippen molar-refractivity contribution in [2.45, 2.75) is 51.9 Å². The van der Waals surface area contributed by atoms with Gasteiger partial charge in [0.1, 0.15) is 0 Å². The highest BCUT2D eigenvalue weighted by atomic mass is 15.1. The third-order valence-electron chi connectivity index (χ3n) is 6.69. The Hall–Kier alpha value is -3.20. The molecule has 0 saturated heterocycles. The largest absolute Gasteiger partial charge is 0.295 e. The van der Waals surface area contributed by atoms with Gasteiger partial charge < -0.3 is 0 Å². The van der Waals surface area contributed by atoms with Crippen LogP contribution in [0.15, 0.2) is 121 Å². The molecule has 0 unspecified atom stereocenters. The van der Waals surface area contributed by atoms with E-state index < -0.39 is 0 Å². The van der Waals surface area contributed by atoms with Crippen molar-refractivity contribution in [3.63, 3.8) is 0 Å². The quantitative estimate of drug-likeness (QED) is 0.161. The van der Waals surface area contributed by atoms with Crippen LogP contribution in [0.2, 0.25) is 0 Å². The molecule has 0 saturated carbocycles. The van der Waals surface area contributed by atoms with Crippen molar-refractivity contribution in [2.24, 2.45) is 0 Å². The first kappa shape index (κ1) is 25.9. The average Bonchev–Trinajstić information content (AvgIpc) is 2.93. The fourth-order valence-corrected chi connectivity index (χ4v) is 4.82. The second kappa shape index (κ2) is 15.0. The van der Waals surface area contributed by atoms with Gasteiger partial charge in [0.15, 0.2) is 0 Å². The molecule has 0 heterocycles. The summed E-state index contributed by atoms with van der Waals surface area (Å²) in [6.45, 7) is 6.33. The summed E-state index contributed by atoms with van der Waals surface area (Å²) in [6.07, 6.45) is 5.06. The van der Waals surface area contributed by atoms with E-state index in [0.29, 0.717) is 0 Å². The average molecular weight is 477 g/mol. The molecule has 0 radical (unpaired) electrons. The summed E-state index contributed by atoms with van der Waals surface area (Å²) in [4.78, 5) is 5.20. The SMILES string of the molecule is c1ccc(CN(CCCCCCN(Cc2ccccc2)Cc2ccccc2)Cc2ccccc2)cc1. The van der Waals surface area contributed by atoms with Crippen LogP contribution >= 0.6 is 0 Å². The molecule has 2 nitrogen and oxygen atoms in total. The van der Waals surface area contributed by atoms with Crippen LogP contribution in [0.3, 0.4) is 0 Å². The highest BCUT2D eigenvalue weighted by Gasteiger charge is 2.09. The highest BCUT2D eigenvalue weighted by Crippen LogP contribution is 2.14. The zero-order valence-electron chi connectivity index (χ0n) is 21.5. The molecule has 36 heavy (non-hydrogen) atoms. The molecule has 0 spiro atoms. The minimum atomic E-state index is 1.01. The Labute approximate surface area is 218 Å². The standard InChI is InChI=1S/C34H40N2/c1(15-25-35(27-31-17-7-3-8-18-31)28-32-19-9-4-10-20-32)2-16-26-36(29-33-21-11-5-12-22-33)30-34-23-13-6-14-24-34/h3-14,17-24H,1-2,15-16,25-30H2. The molecular formula is C34H40N2. The van der Waals surface area contributed by atoms with Crippen LogP contribution in [0.5, 0.6) is 0 Å². The van der Waals surface area contributed by atoms with E-state index in [1.807, 2.05) is 0 Å². The third kappa shape index (κ3) is 9.45. The van der Waals surface area contributed by atoms with Crippen molar-refractivity contribution >= 4 is 0 Å². The Kier molecular flexibility index (Phi) is 10.8. The van der Waals surface area contributed by atoms with Gasteiger partial charge in [-0.05, 0) is 48.2 Å². The number of unbranched alkanes of at least 4 members (excludes halogenated alkanes) is 3. The topological polar surface area (TPSA) is 6.48 Å². The van der Waals surface area contributed by atoms with Crippen molar-refractivity contribution < 1.29 is 0 Å². The van der Waals surface area contributed by atoms with Gasteiger partial charge in [-0.2, -0.15) is 0 Å². The summed E-state index contributed by atoms with van der Waals surface area (Å²) in [6, 6.07) is 43.5. The minimum absolute atomic E-state index is 1.01. The first-order valence-corrected chi connectivity index (χ1v) is 13.5. The molecule has 4 aromatic carbocycles. The number of nitrogens with zero attached hydrogens (tertiary/aromatic N) is 2. The molecule has 0 amide bonds. The summed E-state index contributed by atoms with van der Waals surface area (Å²) in [7, 11) is 0. The summed E-state index contributed by atoms with van der Waals surface area (Å²) in [5.74, 6) is 0. The molecule has 0 N–H and O–H groups in total. The van der Waals surface area contributed by atoms with Gasteiger partial charge >= 0.3 is 0 Å². The van der Waals surface area contributed by atoms with Gasteiger partial charge in [-0.3, -0.25) is 9.80 Å². The maximum atomic E-state index is 2.60. The van der Waals surface area contributed by atoms with Crippen LogP contribution in [-0.2, 0) is 26.2 Å². The van der Waals surface area contributed by atoms with Crippen LogP contribution in [0.4, 0.5) is 0 Å². The monoisotopic (exact) mass is 476 g/mol. The highest BCUT2D eigenvalue weighted by molar-refractivity contribution is 5.18. The minimum Gasteiger partial charge on any atom is -0.295 e. The Bertz CT molecular complexity index is 907. The summed E-state index contributed by atoms with van der Waals surface area (Å²) < 4.78 is 0. The Morgan fingerprint density at radius 3 is 0.806 bits per heavy atom. The summed E-state index contributed by atoms with van der Waals surface area (Å²) in [5, 5.41) is 0. The summed E-state index contributed by atoms with van der Waals surface area (Å²) in [5.41, 5.74) is 5.58. The zero-order chi connectivity index (χ0) is 24.7. The lowest BCUT2D eigenvalue weighted by atomic mass is 10.1. The first-order valence-electron chi connectivity index (χ1n) is 13.5. The number of rotatable bonds is 15. The molecule has 0 aliphatic rings. The predicted molar refractivity (Wildman–Crippen MR) is 152 cm³/mol. The lowest BCUT2D eigenvalue weighted by molar-refractivity contribution is 0.239. The Morgan fingerprint density at radius 2 is 0.556 bits per heavy atom. The lowest BCUT2D eigenvalue weighted by Gasteiger charge is -2.24. The molecule has 186 valence electrons. The van der Waals surface area contributed by atoms with Gasteiger partial charge in [-0.1, -0.05) is 134 Å². The number of hydrogen-bond donors (Lipinski definition) is 0. The van der Waals surface area contributed by atoms with E-state index in [0.717, 1.165) is 39.3 Å². The second-order valence-electron chi connectivity index (χ2n) is 9.78. The molecule has 0 fully saturated rings. The zero-order valence-corrected chi connectivity index (χ0v) is 21.5. The third-order valence-corrected chi connectivity index (χ3v) is 6.69. The molecule has 0 bridgehead atoms. The second-order valence-corrected chi connectivity index (χ2v) is 9.78. The van der Waals surface area contributed by atoms with E-state index >= 15 is 0 Å². The van der Waals surface area contributed by atoms with Crippen LogP contribution in [0.25, 0.3) is 0 Å². The van der Waals surface area contributed by atoms with Gasteiger partial charge in [0, 0.05) is 26.2 Å². The molecule has 2 heteroatoms. The van der Waals surface area contributed by atoms with Crippen molar-refractivity contribution in [2.75, 3.05) is 13.1 Å². The first-order chi connectivity index (χ1) is 17.8. The van der Waals surface area contributed by atoms with E-state index in [2.05, 4.69) is 131 Å². The number of benzene rings is 4. The van der Waals surface area contributed by atoms with Crippen molar-refractivity contribution in [3.8, 4) is 0 Å². The van der Waals surface area contributed by atoms with E-state index in [-0.39, 0.29) is 0 Å². The van der Waals surface area contributed by atoms with E-state index in [1.54, 1.807) is 0 Å². The van der Waals surface area contributed by atoms with Crippen molar-refractivity contribution in [3.05, 3.63) is 144 Å². The molecule has 0 aliphatic carbocycles. The van der Waals surface area contributed by atoms with Gasteiger partial charge in [0.05, 0.1) is 0 Å². The number of hydrogen-bond acceptors (Lipinski definition) is 2. The van der Waals surface area contributed by atoms with E-state index in [4.69, 9.17) is 0 Å². The smallest absolute Gasteiger partial charge is 0.0237 e. The van der Waals surface area contributed by atoms with Crippen molar-refractivity contribution in [1.29, 1.82) is 0 Å². The fraction of sp³-hybridized carbons (Fsp3) is 0.294. The van der Waals surface area contributed by atoms with Crippen LogP contribution < -0.4 is 0 Å². The lowest BCUT2D eigenvalue weighted by Crippen LogP contribution is -2.25. The maximum absolute atomic E-state index is 2.60. The van der Waals surface area contributed by atoms with Gasteiger partial charge in [0.2, 0.25) is 0 Å². The van der Waals surface area contributed by atoms with Gasteiger partial charge in [-0.15, -0.1) is 0 Å². The van der Waals surface area contributed by atoms with Crippen LogP contribution in [0.1, 0.15) is 47.9 Å². The maximum Gasteiger partial charge on any atom is 0.0237 e. The molecule has 4 aromatic rings. The Morgan fingerprint density at radius 1 is 0.306 bits per heavy atom. The van der Waals surface area contributed by atoms with Gasteiger partial charge in [-0.25, -0.2) is 0 Å². The van der Waals surface area contributed by atoms with Crippen LogP contribution in [0, 0.1) is 0 Å². The molecule has 0 aromatic heterocycles. The normalized spacial score (nSPS) is 11.3. The molecule has 0 atom stereocenters. The predicted octanol–water partition coefficient (Wildman–Crippen LogP) is 7.95. The van der Waals surface area contributed by atoms with Crippen LogP contribution in [-0.4, -0.2) is 22.9 Å². The summed E-state index contributed by atoms with van der Waals surface area (Å²) >= 11 is 0. The molecule has 4 rings (SSSR count). The van der Waals surface area contributed by atoms with E-state index in [1.165, 1.54) is 47.9 Å². The van der Waals surface area contributed by atoms with E-state index in [9.17, 15) is 0 Å². The molecule has 0 aliphatic heterocycles. The molecular weight excluding hydrogens is 436 g/mol. The fourth-order valence-electron chi connectivity index (χ4n) is 4.82. The van der Waals surface area contributed by atoms with Gasteiger partial charge in [0.25, 0.3) is 0 Å². The van der Waals surface area contributed by atoms with Crippen molar-refractivity contribution in [1.82, 2.24) is 9.80 Å². The Balaban J connectivity index is 1.24.